The number of nitrogens with two attached hydrogens (primary N) is 1. The van der Waals surface area contributed by atoms with Crippen LogP contribution in [0.3, 0.4) is 0 Å². The molecule has 0 saturated heterocycles. The number of nitrogens with zero attached hydrogens (tertiary/aromatic N) is 3. The second kappa shape index (κ2) is 6.88. The van der Waals surface area contributed by atoms with Gasteiger partial charge in [0.05, 0.1) is 5.69 Å². The van der Waals surface area contributed by atoms with E-state index in [1.165, 1.54) is 24.2 Å². The van der Waals surface area contributed by atoms with Gasteiger partial charge in [-0.2, -0.15) is 0 Å². The molecule has 0 fully saturated rings. The van der Waals surface area contributed by atoms with Crippen LogP contribution in [0, 0.1) is 6.92 Å². The maximum absolute atomic E-state index is 12.1. The first-order chi connectivity index (χ1) is 9.63. The number of carbonyl (C=O) groups excluding carboxylic acids is 1. The van der Waals surface area contributed by atoms with Crippen molar-refractivity contribution in [1.29, 1.82) is 0 Å². The van der Waals surface area contributed by atoms with Crippen LogP contribution in [-0.2, 0) is 24.2 Å². The number of hydrogen-bond donors (Lipinski definition) is 1. The van der Waals surface area contributed by atoms with E-state index >= 15 is 0 Å². The lowest BCUT2D eigenvalue weighted by atomic mass is 10.0. The zero-order chi connectivity index (χ0) is 14.5. The van der Waals surface area contributed by atoms with Crippen LogP contribution in [0.25, 0.3) is 0 Å². The first-order valence-corrected chi connectivity index (χ1v) is 7.62. The summed E-state index contributed by atoms with van der Waals surface area (Å²) < 4.78 is 2.24. The highest BCUT2D eigenvalue weighted by molar-refractivity contribution is 5.75. The molecule has 112 valence electrons. The SMILES string of the molecule is Cc1nc2c(n1CCC(=O)N(C)CCCN)CCCC2. The normalized spacial score (nSPS) is 14.2. The van der Waals surface area contributed by atoms with Crippen LogP contribution in [-0.4, -0.2) is 40.5 Å². The van der Waals surface area contributed by atoms with Crippen molar-refractivity contribution >= 4 is 5.91 Å². The minimum absolute atomic E-state index is 0.191. The predicted octanol–water partition coefficient (Wildman–Crippen LogP) is 1.27. The third-order valence-electron chi connectivity index (χ3n) is 4.10. The zero-order valence-corrected chi connectivity index (χ0v) is 12.7. The van der Waals surface area contributed by atoms with Crippen LogP contribution in [0.2, 0.25) is 0 Å². The van der Waals surface area contributed by atoms with Gasteiger partial charge in [-0.15, -0.1) is 0 Å². The zero-order valence-electron chi connectivity index (χ0n) is 12.7. The first-order valence-electron chi connectivity index (χ1n) is 7.62. The molecule has 0 spiro atoms. The summed E-state index contributed by atoms with van der Waals surface area (Å²) in [5.74, 6) is 1.24. The molecule has 0 atom stereocenters. The van der Waals surface area contributed by atoms with Gasteiger partial charge in [-0.25, -0.2) is 4.98 Å². The van der Waals surface area contributed by atoms with Gasteiger partial charge in [0.2, 0.25) is 5.91 Å². The number of aryl methyl sites for hydroxylation is 2. The van der Waals surface area contributed by atoms with Crippen LogP contribution in [0.1, 0.15) is 42.9 Å². The van der Waals surface area contributed by atoms with Crippen LogP contribution in [0.15, 0.2) is 0 Å². The van der Waals surface area contributed by atoms with Gasteiger partial charge in [-0.1, -0.05) is 0 Å². The molecule has 5 nitrogen and oxygen atoms in total. The molecule has 1 amide bonds. The molecule has 2 rings (SSSR count). The van der Waals surface area contributed by atoms with Crippen LogP contribution in [0.5, 0.6) is 0 Å². The summed E-state index contributed by atoms with van der Waals surface area (Å²) in [7, 11) is 1.86. The summed E-state index contributed by atoms with van der Waals surface area (Å²) >= 11 is 0. The summed E-state index contributed by atoms with van der Waals surface area (Å²) in [6.45, 7) is 4.17. The minimum atomic E-state index is 0.191. The van der Waals surface area contributed by atoms with Gasteiger partial charge < -0.3 is 15.2 Å². The van der Waals surface area contributed by atoms with Crippen molar-refractivity contribution < 1.29 is 4.79 Å². The number of amides is 1. The van der Waals surface area contributed by atoms with E-state index in [2.05, 4.69) is 9.55 Å². The van der Waals surface area contributed by atoms with Crippen LogP contribution in [0.4, 0.5) is 0 Å². The predicted molar refractivity (Wildman–Crippen MR) is 79.5 cm³/mol. The summed E-state index contributed by atoms with van der Waals surface area (Å²) in [4.78, 5) is 18.5. The smallest absolute Gasteiger partial charge is 0.224 e. The minimum Gasteiger partial charge on any atom is -0.346 e. The van der Waals surface area contributed by atoms with Crippen LogP contribution >= 0.6 is 0 Å². The maximum Gasteiger partial charge on any atom is 0.224 e. The molecule has 1 aliphatic rings. The third-order valence-corrected chi connectivity index (χ3v) is 4.10. The summed E-state index contributed by atoms with van der Waals surface area (Å²) in [6.07, 6.45) is 6.08. The highest BCUT2D eigenvalue weighted by Crippen LogP contribution is 2.22. The number of rotatable bonds is 6. The highest BCUT2D eigenvalue weighted by Gasteiger charge is 2.18. The molecule has 1 aromatic rings. The topological polar surface area (TPSA) is 64.2 Å². The lowest BCUT2D eigenvalue weighted by Gasteiger charge is -2.18. The average molecular weight is 278 g/mol. The average Bonchev–Trinajstić information content (AvgIpc) is 2.77. The van der Waals surface area contributed by atoms with Crippen molar-refractivity contribution in [2.45, 2.75) is 52.0 Å². The molecular weight excluding hydrogens is 252 g/mol. The van der Waals surface area contributed by atoms with E-state index in [9.17, 15) is 4.79 Å². The first kappa shape index (κ1) is 15.0. The number of aromatic nitrogens is 2. The Balaban J connectivity index is 1.94. The Hall–Kier alpha value is -1.36. The van der Waals surface area contributed by atoms with Gasteiger partial charge in [-0.3, -0.25) is 4.79 Å². The molecule has 20 heavy (non-hydrogen) atoms. The summed E-state index contributed by atoms with van der Waals surface area (Å²) in [5, 5.41) is 0. The molecule has 0 bridgehead atoms. The highest BCUT2D eigenvalue weighted by atomic mass is 16.2. The van der Waals surface area contributed by atoms with Crippen molar-refractivity contribution in [2.75, 3.05) is 20.1 Å². The Kier molecular flexibility index (Phi) is 5.17. The van der Waals surface area contributed by atoms with Crippen molar-refractivity contribution in [2.24, 2.45) is 5.73 Å². The lowest BCUT2D eigenvalue weighted by Crippen LogP contribution is -2.30. The molecule has 0 unspecified atom stereocenters. The summed E-state index contributed by atoms with van der Waals surface area (Å²) in [6, 6.07) is 0. The fraction of sp³-hybridized carbons (Fsp3) is 0.733. The van der Waals surface area contributed by atoms with Crippen molar-refractivity contribution in [3.8, 4) is 0 Å². The standard InChI is InChI=1S/C15H26N4O/c1-12-17-13-6-3-4-7-14(13)19(12)11-8-15(20)18(2)10-5-9-16/h3-11,16H2,1-2H3. The fourth-order valence-electron chi connectivity index (χ4n) is 2.88. The van der Waals surface area contributed by atoms with E-state index in [4.69, 9.17) is 5.73 Å². The number of imidazole rings is 1. The lowest BCUT2D eigenvalue weighted by molar-refractivity contribution is -0.130. The molecule has 2 N–H and O–H groups in total. The Morgan fingerprint density at radius 3 is 2.90 bits per heavy atom. The van der Waals surface area contributed by atoms with Gasteiger partial charge in [0.1, 0.15) is 5.82 Å². The third kappa shape index (κ3) is 3.39. The number of carbonyl (C=O) groups is 1. The molecule has 1 aliphatic carbocycles. The van der Waals surface area contributed by atoms with Crippen molar-refractivity contribution in [3.05, 3.63) is 17.2 Å². The molecule has 0 saturated carbocycles. The van der Waals surface area contributed by atoms with E-state index in [1.807, 2.05) is 14.0 Å². The van der Waals surface area contributed by atoms with E-state index < -0.39 is 0 Å². The Bertz CT molecular complexity index is 467. The largest absolute Gasteiger partial charge is 0.346 e. The quantitative estimate of drug-likeness (QED) is 0.852. The molecule has 1 heterocycles. The molecule has 5 heteroatoms. The Morgan fingerprint density at radius 1 is 1.40 bits per heavy atom. The summed E-state index contributed by atoms with van der Waals surface area (Å²) in [5.41, 5.74) is 8.07. The number of fused-ring (bicyclic) bond motifs is 1. The molecule has 0 radical (unpaired) electrons. The molecule has 1 aromatic heterocycles. The van der Waals surface area contributed by atoms with E-state index in [1.54, 1.807) is 4.90 Å². The van der Waals surface area contributed by atoms with Crippen molar-refractivity contribution in [3.63, 3.8) is 0 Å². The second-order valence-electron chi connectivity index (χ2n) is 5.62. The van der Waals surface area contributed by atoms with Gasteiger partial charge in [0.25, 0.3) is 0 Å². The van der Waals surface area contributed by atoms with E-state index in [0.29, 0.717) is 13.0 Å². The Morgan fingerprint density at radius 2 is 2.15 bits per heavy atom. The van der Waals surface area contributed by atoms with Gasteiger partial charge in [-0.05, 0) is 45.6 Å². The molecule has 0 aliphatic heterocycles. The molecular formula is C15H26N4O. The van der Waals surface area contributed by atoms with Gasteiger partial charge >= 0.3 is 0 Å². The maximum atomic E-state index is 12.1. The monoisotopic (exact) mass is 278 g/mol. The van der Waals surface area contributed by atoms with E-state index in [-0.39, 0.29) is 5.91 Å². The fourth-order valence-corrected chi connectivity index (χ4v) is 2.88. The second-order valence-corrected chi connectivity index (χ2v) is 5.62. The Labute approximate surface area is 121 Å². The van der Waals surface area contributed by atoms with Gasteiger partial charge in [0.15, 0.2) is 0 Å². The van der Waals surface area contributed by atoms with Gasteiger partial charge in [0, 0.05) is 32.3 Å². The molecule has 0 aromatic carbocycles. The van der Waals surface area contributed by atoms with Crippen molar-refractivity contribution in [1.82, 2.24) is 14.5 Å². The van der Waals surface area contributed by atoms with Crippen LogP contribution < -0.4 is 5.73 Å². The number of hydrogen-bond acceptors (Lipinski definition) is 3. The van der Waals surface area contributed by atoms with E-state index in [0.717, 1.165) is 38.2 Å².